The maximum Gasteiger partial charge on any atom is 0.227 e. The summed E-state index contributed by atoms with van der Waals surface area (Å²) < 4.78 is 11.8. The van der Waals surface area contributed by atoms with Gasteiger partial charge in [0.05, 0.1) is 34.2 Å². The zero-order valence-electron chi connectivity index (χ0n) is 29.4. The molecule has 2 aromatic carbocycles. The summed E-state index contributed by atoms with van der Waals surface area (Å²) in [5.41, 5.74) is 9.91. The van der Waals surface area contributed by atoms with E-state index in [0.717, 1.165) is 56.1 Å². The van der Waals surface area contributed by atoms with Gasteiger partial charge >= 0.3 is 0 Å². The quantitative estimate of drug-likeness (QED) is 0.177. The SMILES string of the molecule is [Cl-].[Ir].c1ccc(-c2ccccn2)nc1.c1ccc(-c2ccccn2)nc1.c1ccc2oc(-c3ccnc(-c4cc(-c5nc6ccccc6o5)ccn4)c3)nc2c1. The van der Waals surface area contributed by atoms with E-state index in [1.165, 1.54) is 0 Å². The minimum absolute atomic E-state index is 0. The van der Waals surface area contributed by atoms with E-state index in [2.05, 4.69) is 39.9 Å². The summed E-state index contributed by atoms with van der Waals surface area (Å²) in [6.45, 7) is 0. The van der Waals surface area contributed by atoms with Gasteiger partial charge in [0, 0.05) is 68.4 Å². The van der Waals surface area contributed by atoms with Gasteiger partial charge in [0.25, 0.3) is 0 Å². The van der Waals surface area contributed by atoms with Crippen molar-refractivity contribution in [2.75, 3.05) is 0 Å². The number of rotatable bonds is 5. The number of hydrogen-bond donors (Lipinski definition) is 0. The normalized spacial score (nSPS) is 10.2. The molecule has 1 radical (unpaired) electrons. The second kappa shape index (κ2) is 19.0. The number of halogens is 1. The maximum absolute atomic E-state index is 5.89. The molecule has 275 valence electrons. The molecule has 10 rings (SSSR count). The van der Waals surface area contributed by atoms with E-state index in [9.17, 15) is 0 Å². The monoisotopic (exact) mass is 930 g/mol. The Morgan fingerprint density at radius 3 is 0.964 bits per heavy atom. The smallest absolute Gasteiger partial charge is 0.227 e. The molecule has 0 N–H and O–H groups in total. The molecule has 8 heterocycles. The molecular formula is C44H30ClIrN8O2-. The average Bonchev–Trinajstić information content (AvgIpc) is 3.91. The molecule has 0 bridgehead atoms. The van der Waals surface area contributed by atoms with Gasteiger partial charge in [0.15, 0.2) is 11.2 Å². The third kappa shape index (κ3) is 9.47. The van der Waals surface area contributed by atoms with E-state index < -0.39 is 0 Å². The zero-order valence-corrected chi connectivity index (χ0v) is 32.6. The van der Waals surface area contributed by atoms with E-state index in [1.54, 1.807) is 37.2 Å². The Morgan fingerprint density at radius 1 is 0.321 bits per heavy atom. The second-order valence-electron chi connectivity index (χ2n) is 11.7. The average molecular weight is 930 g/mol. The molecule has 0 amide bonds. The molecule has 10 nitrogen and oxygen atoms in total. The number of fused-ring (bicyclic) bond motifs is 2. The Kier molecular flexibility index (Phi) is 13.2. The molecule has 10 aromatic rings. The Labute approximate surface area is 341 Å². The van der Waals surface area contributed by atoms with Crippen molar-refractivity contribution in [1.29, 1.82) is 0 Å². The number of para-hydroxylation sites is 4. The summed E-state index contributed by atoms with van der Waals surface area (Å²) in [6.07, 6.45) is 10.5. The molecule has 0 aliphatic rings. The van der Waals surface area contributed by atoms with Crippen molar-refractivity contribution in [1.82, 2.24) is 39.9 Å². The minimum atomic E-state index is 0. The first-order valence-corrected chi connectivity index (χ1v) is 17.1. The number of nitrogens with zero attached hydrogens (tertiary/aromatic N) is 8. The number of hydrogen-bond acceptors (Lipinski definition) is 10. The van der Waals surface area contributed by atoms with Gasteiger partial charge in [-0.25, -0.2) is 9.97 Å². The van der Waals surface area contributed by atoms with Gasteiger partial charge in [-0.1, -0.05) is 48.5 Å². The minimum Gasteiger partial charge on any atom is -1.00 e. The number of pyridine rings is 6. The number of oxazole rings is 2. The Balaban J connectivity index is 0.000000169. The molecule has 56 heavy (non-hydrogen) atoms. The van der Waals surface area contributed by atoms with E-state index in [1.807, 2.05) is 146 Å². The molecule has 0 fully saturated rings. The summed E-state index contributed by atoms with van der Waals surface area (Å²) in [5, 5.41) is 0. The summed E-state index contributed by atoms with van der Waals surface area (Å²) in [7, 11) is 0. The van der Waals surface area contributed by atoms with Gasteiger partial charge in [0.1, 0.15) is 11.0 Å². The van der Waals surface area contributed by atoms with Crippen LogP contribution < -0.4 is 12.4 Å². The van der Waals surface area contributed by atoms with Crippen LogP contribution in [0.25, 0.3) is 79.3 Å². The van der Waals surface area contributed by atoms with E-state index in [-0.39, 0.29) is 32.5 Å². The predicted octanol–water partition coefficient (Wildman–Crippen LogP) is 7.05. The predicted molar refractivity (Wildman–Crippen MR) is 208 cm³/mol. The fourth-order valence-corrected chi connectivity index (χ4v) is 5.46. The third-order valence-electron chi connectivity index (χ3n) is 8.05. The number of aromatic nitrogens is 8. The molecule has 0 unspecified atom stereocenters. The molecule has 12 heteroatoms. The molecule has 0 aliphatic carbocycles. The van der Waals surface area contributed by atoms with Crippen molar-refractivity contribution in [2.45, 2.75) is 0 Å². The van der Waals surface area contributed by atoms with Crippen LogP contribution in [0.5, 0.6) is 0 Å². The fourth-order valence-electron chi connectivity index (χ4n) is 5.46. The van der Waals surface area contributed by atoms with Crippen LogP contribution in [-0.4, -0.2) is 39.9 Å². The van der Waals surface area contributed by atoms with Gasteiger partial charge in [-0.2, -0.15) is 0 Å². The van der Waals surface area contributed by atoms with Crippen LogP contribution in [0, 0.1) is 0 Å². The van der Waals surface area contributed by atoms with Crippen LogP contribution >= 0.6 is 0 Å². The molecular weight excluding hydrogens is 900 g/mol. The summed E-state index contributed by atoms with van der Waals surface area (Å²) in [6, 6.07) is 46.2. The van der Waals surface area contributed by atoms with Crippen LogP contribution in [-0.2, 0) is 20.1 Å². The van der Waals surface area contributed by atoms with E-state index >= 15 is 0 Å². The molecule has 0 spiro atoms. The summed E-state index contributed by atoms with van der Waals surface area (Å²) in [5.74, 6) is 1.10. The van der Waals surface area contributed by atoms with Crippen molar-refractivity contribution in [3.63, 3.8) is 0 Å². The molecule has 8 aromatic heterocycles. The fraction of sp³-hybridized carbons (Fsp3) is 0. The van der Waals surface area contributed by atoms with Crippen LogP contribution in [0.2, 0.25) is 0 Å². The summed E-state index contributed by atoms with van der Waals surface area (Å²) in [4.78, 5) is 34.8. The first-order valence-electron chi connectivity index (χ1n) is 17.1. The first kappa shape index (κ1) is 38.9. The van der Waals surface area contributed by atoms with E-state index in [4.69, 9.17) is 8.83 Å². The van der Waals surface area contributed by atoms with Gasteiger partial charge in [-0.05, 0) is 97.1 Å². The third-order valence-corrected chi connectivity index (χ3v) is 8.05. The molecule has 0 atom stereocenters. The van der Waals surface area contributed by atoms with Crippen LogP contribution in [0.1, 0.15) is 0 Å². The van der Waals surface area contributed by atoms with Crippen molar-refractivity contribution in [3.05, 3.63) is 183 Å². The second-order valence-corrected chi connectivity index (χ2v) is 11.7. The van der Waals surface area contributed by atoms with Gasteiger partial charge in [-0.3, -0.25) is 29.9 Å². The van der Waals surface area contributed by atoms with Crippen LogP contribution in [0.15, 0.2) is 192 Å². The van der Waals surface area contributed by atoms with Gasteiger partial charge < -0.3 is 21.2 Å². The van der Waals surface area contributed by atoms with Crippen molar-refractivity contribution >= 4 is 22.2 Å². The standard InChI is InChI=1S/C24H14N4O2.2C10H8N2.ClH.Ir/c1-3-7-21-17(5-1)27-23(29-21)15-9-11-25-19(13-15)20-14-16(10-12-26-20)24-28-18-6-2-4-8-22(18)30-24;2*1-3-7-11-9(5-1)10-6-2-4-8-12-10;;/h1-14H;2*1-8H;1H;/p-1. The Hall–Kier alpha value is -6.78. The van der Waals surface area contributed by atoms with Crippen LogP contribution in [0.4, 0.5) is 0 Å². The largest absolute Gasteiger partial charge is 1.00 e. The zero-order chi connectivity index (χ0) is 36.4. The van der Waals surface area contributed by atoms with Crippen LogP contribution in [0.3, 0.4) is 0 Å². The summed E-state index contributed by atoms with van der Waals surface area (Å²) >= 11 is 0. The Morgan fingerprint density at radius 2 is 0.643 bits per heavy atom. The van der Waals surface area contributed by atoms with Crippen molar-refractivity contribution in [3.8, 4) is 57.1 Å². The van der Waals surface area contributed by atoms with Crippen molar-refractivity contribution in [2.24, 2.45) is 0 Å². The number of benzene rings is 2. The first-order chi connectivity index (χ1) is 26.8. The maximum atomic E-state index is 5.89. The molecule has 0 aliphatic heterocycles. The molecule has 0 saturated carbocycles. The molecule has 0 saturated heterocycles. The van der Waals surface area contributed by atoms with Crippen molar-refractivity contribution < 1.29 is 41.3 Å². The van der Waals surface area contributed by atoms with Gasteiger partial charge in [-0.15, -0.1) is 0 Å². The van der Waals surface area contributed by atoms with E-state index in [0.29, 0.717) is 23.2 Å². The topological polar surface area (TPSA) is 129 Å². The Bertz CT molecular complexity index is 2410. The van der Waals surface area contributed by atoms with Gasteiger partial charge in [0.2, 0.25) is 11.8 Å².